The van der Waals surface area contributed by atoms with Crippen LogP contribution >= 0.6 is 0 Å². The molecular weight excluding hydrogens is 468 g/mol. The molecule has 0 aliphatic heterocycles. The molecule has 0 radical (unpaired) electrons. The minimum atomic E-state index is 0.897. The number of rotatable bonds is 30. The zero-order valence-electron chi connectivity index (χ0n) is 29.1. The summed E-state index contributed by atoms with van der Waals surface area (Å²) in [5, 5.41) is 0. The maximum absolute atomic E-state index is 2.69. The lowest BCUT2D eigenvalue weighted by atomic mass is 9.70. The van der Waals surface area contributed by atoms with Crippen molar-refractivity contribution in [1.29, 1.82) is 0 Å². The monoisotopic (exact) mass is 549 g/mol. The highest BCUT2D eigenvalue weighted by atomic mass is 14.3. The average Bonchev–Trinajstić information content (AvgIpc) is 2.93. The van der Waals surface area contributed by atoms with Gasteiger partial charge in [0.25, 0.3) is 0 Å². The van der Waals surface area contributed by atoms with Crippen molar-refractivity contribution in [3.63, 3.8) is 0 Å². The van der Waals surface area contributed by atoms with Gasteiger partial charge in [-0.3, -0.25) is 0 Å². The van der Waals surface area contributed by atoms with Crippen LogP contribution in [-0.2, 0) is 0 Å². The Morgan fingerprint density at radius 2 is 0.615 bits per heavy atom. The molecule has 0 heteroatoms. The molecular formula is C39H80. The van der Waals surface area contributed by atoms with Crippen LogP contribution in [-0.4, -0.2) is 0 Å². The molecule has 39 heavy (non-hydrogen) atoms. The van der Waals surface area contributed by atoms with Gasteiger partial charge in [-0.15, -0.1) is 0 Å². The third kappa shape index (κ3) is 21.4. The quantitative estimate of drug-likeness (QED) is 0.0783. The molecule has 0 aliphatic carbocycles. The van der Waals surface area contributed by atoms with Crippen LogP contribution in [0.2, 0.25) is 0 Å². The third-order valence-electron chi connectivity index (χ3n) is 10.3. The lowest BCUT2D eigenvalue weighted by Gasteiger charge is -2.35. The van der Waals surface area contributed by atoms with Gasteiger partial charge in [-0.25, -0.2) is 0 Å². The van der Waals surface area contributed by atoms with Gasteiger partial charge in [-0.05, 0) is 54.8 Å². The fourth-order valence-electron chi connectivity index (χ4n) is 7.68. The highest BCUT2D eigenvalue weighted by molar-refractivity contribution is 4.79. The van der Waals surface area contributed by atoms with E-state index in [0.717, 1.165) is 35.5 Å². The van der Waals surface area contributed by atoms with Gasteiger partial charge in [-0.1, -0.05) is 197 Å². The lowest BCUT2D eigenvalue weighted by molar-refractivity contribution is 0.154. The van der Waals surface area contributed by atoms with Crippen molar-refractivity contribution in [2.24, 2.45) is 35.5 Å². The van der Waals surface area contributed by atoms with Gasteiger partial charge in [0.15, 0.2) is 0 Å². The molecule has 0 aromatic rings. The van der Waals surface area contributed by atoms with Crippen LogP contribution < -0.4 is 0 Å². The van der Waals surface area contributed by atoms with Crippen LogP contribution in [0, 0.1) is 35.5 Å². The van der Waals surface area contributed by atoms with E-state index in [-0.39, 0.29) is 0 Å². The predicted molar refractivity (Wildman–Crippen MR) is 182 cm³/mol. The van der Waals surface area contributed by atoms with Gasteiger partial charge >= 0.3 is 0 Å². The molecule has 0 aliphatic rings. The average molecular weight is 549 g/mol. The van der Waals surface area contributed by atoms with Crippen molar-refractivity contribution < 1.29 is 0 Å². The molecule has 0 N–H and O–H groups in total. The molecule has 0 aromatic carbocycles. The highest BCUT2D eigenvalue weighted by Gasteiger charge is 2.28. The molecule has 0 heterocycles. The third-order valence-corrected chi connectivity index (χ3v) is 10.3. The number of unbranched alkanes of at least 4 members (excludes halogenated alkanes) is 9. The molecule has 0 amide bonds. The Morgan fingerprint density at radius 1 is 0.308 bits per heavy atom. The van der Waals surface area contributed by atoms with E-state index in [2.05, 4.69) is 55.4 Å². The van der Waals surface area contributed by atoms with E-state index in [1.54, 1.807) is 0 Å². The Balaban J connectivity index is 5.57. The van der Waals surface area contributed by atoms with Gasteiger partial charge in [0, 0.05) is 0 Å². The molecule has 0 aromatic heterocycles. The van der Waals surface area contributed by atoms with E-state index in [0.29, 0.717) is 0 Å². The second kappa shape index (κ2) is 28.1. The first-order valence-corrected chi connectivity index (χ1v) is 19.0. The topological polar surface area (TPSA) is 0 Å². The second-order valence-corrected chi connectivity index (χ2v) is 14.2. The van der Waals surface area contributed by atoms with Gasteiger partial charge in [0.1, 0.15) is 0 Å². The van der Waals surface area contributed by atoms with Gasteiger partial charge in [-0.2, -0.15) is 0 Å². The van der Waals surface area contributed by atoms with Crippen molar-refractivity contribution in [2.45, 2.75) is 216 Å². The fourth-order valence-corrected chi connectivity index (χ4v) is 7.68. The Bertz CT molecular complexity index is 437. The summed E-state index contributed by atoms with van der Waals surface area (Å²) in [6.07, 6.45) is 36.2. The summed E-state index contributed by atoms with van der Waals surface area (Å²) in [7, 11) is 0. The van der Waals surface area contributed by atoms with Crippen molar-refractivity contribution in [2.75, 3.05) is 0 Å². The Morgan fingerprint density at radius 3 is 0.974 bits per heavy atom. The molecule has 5 atom stereocenters. The van der Waals surface area contributed by atoms with Crippen LogP contribution in [0.15, 0.2) is 0 Å². The first-order chi connectivity index (χ1) is 19.0. The van der Waals surface area contributed by atoms with Crippen LogP contribution in [0.5, 0.6) is 0 Å². The summed E-state index contributed by atoms with van der Waals surface area (Å²) < 4.78 is 0. The Hall–Kier alpha value is 0. The van der Waals surface area contributed by atoms with Gasteiger partial charge in [0.05, 0.1) is 0 Å². The standard InChI is InChI=1S/C39H80/c1-9-15-21-27-36(24-18-12-4)30-31-39(34(7)32-37(25-19-13-5)28-22-16-10-2)35(8)33-38(26-20-14-6)29-23-17-11-3/h34-39H,9-33H2,1-8H3. The van der Waals surface area contributed by atoms with Crippen molar-refractivity contribution in [3.05, 3.63) is 0 Å². The molecule has 0 rings (SSSR count). The number of hydrogen-bond acceptors (Lipinski definition) is 0. The first kappa shape index (κ1) is 39.0. The molecule has 0 saturated heterocycles. The summed E-state index contributed by atoms with van der Waals surface area (Å²) in [4.78, 5) is 0. The van der Waals surface area contributed by atoms with E-state index in [4.69, 9.17) is 0 Å². The minimum absolute atomic E-state index is 0.897. The summed E-state index contributed by atoms with van der Waals surface area (Å²) in [6.45, 7) is 19.7. The first-order valence-electron chi connectivity index (χ1n) is 19.0. The van der Waals surface area contributed by atoms with Gasteiger partial charge < -0.3 is 0 Å². The summed E-state index contributed by atoms with van der Waals surface area (Å²) >= 11 is 0. The van der Waals surface area contributed by atoms with Crippen LogP contribution in [0.1, 0.15) is 216 Å². The van der Waals surface area contributed by atoms with Crippen molar-refractivity contribution in [1.82, 2.24) is 0 Å². The minimum Gasteiger partial charge on any atom is -0.0654 e. The molecule has 5 unspecified atom stereocenters. The highest BCUT2D eigenvalue weighted by Crippen LogP contribution is 2.39. The van der Waals surface area contributed by atoms with Crippen LogP contribution in [0.4, 0.5) is 0 Å². The van der Waals surface area contributed by atoms with Crippen LogP contribution in [0.25, 0.3) is 0 Å². The number of hydrogen-bond donors (Lipinski definition) is 0. The van der Waals surface area contributed by atoms with E-state index < -0.39 is 0 Å². The molecule has 236 valence electrons. The smallest absolute Gasteiger partial charge is 0.0362 e. The maximum atomic E-state index is 2.69. The molecule has 0 spiro atoms. The van der Waals surface area contributed by atoms with E-state index in [9.17, 15) is 0 Å². The largest absolute Gasteiger partial charge is 0.0654 e. The second-order valence-electron chi connectivity index (χ2n) is 14.2. The predicted octanol–water partition coefficient (Wildman–Crippen LogP) is 14.6. The van der Waals surface area contributed by atoms with E-state index in [1.807, 2.05) is 0 Å². The Kier molecular flexibility index (Phi) is 28.1. The summed E-state index contributed by atoms with van der Waals surface area (Å²) in [6, 6.07) is 0. The molecule has 0 saturated carbocycles. The normalized spacial score (nSPS) is 16.6. The summed E-state index contributed by atoms with van der Waals surface area (Å²) in [5.41, 5.74) is 0. The van der Waals surface area contributed by atoms with Crippen molar-refractivity contribution in [3.8, 4) is 0 Å². The summed E-state index contributed by atoms with van der Waals surface area (Å²) in [5.74, 6) is 5.66. The fraction of sp³-hybridized carbons (Fsp3) is 1.00. The Labute approximate surface area is 251 Å². The maximum Gasteiger partial charge on any atom is -0.0362 e. The van der Waals surface area contributed by atoms with Gasteiger partial charge in [0.2, 0.25) is 0 Å². The molecule has 0 bridgehead atoms. The van der Waals surface area contributed by atoms with E-state index in [1.165, 1.54) is 161 Å². The van der Waals surface area contributed by atoms with Crippen molar-refractivity contribution >= 4 is 0 Å². The SMILES string of the molecule is CCCCCC(CCCC)CCC(C(C)CC(CCCC)CCCCC)C(C)CC(CCCC)CCCCC. The zero-order valence-corrected chi connectivity index (χ0v) is 29.1. The zero-order chi connectivity index (χ0) is 29.1. The van der Waals surface area contributed by atoms with Crippen LogP contribution in [0.3, 0.4) is 0 Å². The van der Waals surface area contributed by atoms with E-state index >= 15 is 0 Å². The molecule has 0 fully saturated rings. The lowest BCUT2D eigenvalue weighted by Crippen LogP contribution is -2.25. The molecule has 0 nitrogen and oxygen atoms in total.